The third-order valence-electron chi connectivity index (χ3n) is 10.1. The van der Waals surface area contributed by atoms with Crippen LogP contribution in [0.3, 0.4) is 0 Å². The van der Waals surface area contributed by atoms with E-state index in [0.29, 0.717) is 10.9 Å². The Bertz CT molecular complexity index is 3620. The number of aromatic nitrogens is 2. The van der Waals surface area contributed by atoms with Gasteiger partial charge < -0.3 is 0 Å². The monoisotopic (exact) mass is 690 g/mol. The van der Waals surface area contributed by atoms with Crippen molar-refractivity contribution in [2.24, 2.45) is 0 Å². The minimum absolute atomic E-state index is 0.162. The lowest BCUT2D eigenvalue weighted by atomic mass is 9.81. The second-order valence-corrected chi connectivity index (χ2v) is 13.5. The lowest BCUT2D eigenvalue weighted by Gasteiger charge is -2.22. The van der Waals surface area contributed by atoms with Crippen LogP contribution in [0, 0.1) is 0 Å². The first kappa shape index (κ1) is 19.8. The van der Waals surface area contributed by atoms with Crippen molar-refractivity contribution in [1.29, 1.82) is 0 Å². The maximum absolute atomic E-state index is 9.48. The van der Waals surface area contributed by atoms with E-state index in [-0.39, 0.29) is 33.8 Å². The van der Waals surface area contributed by atoms with Crippen LogP contribution in [-0.4, -0.2) is 9.97 Å². The highest BCUT2D eigenvalue weighted by Gasteiger charge is 2.37. The molecule has 0 atom stereocenters. The van der Waals surface area contributed by atoms with Gasteiger partial charge in [-0.2, -0.15) is 0 Å². The van der Waals surface area contributed by atoms with Gasteiger partial charge in [0.1, 0.15) is 0 Å². The second-order valence-electron chi connectivity index (χ2n) is 13.5. The summed E-state index contributed by atoms with van der Waals surface area (Å²) in [4.78, 5) is 9.48. The molecule has 0 aliphatic heterocycles. The molecule has 1 aromatic heterocycles. The van der Waals surface area contributed by atoms with Gasteiger partial charge in [0.15, 0.2) is 5.82 Å². The molecular weight excluding hydrogens is 641 g/mol. The summed E-state index contributed by atoms with van der Waals surface area (Å²) in [6, 6.07) is 22.7. The van der Waals surface area contributed by atoms with Crippen molar-refractivity contribution in [3.8, 4) is 67.3 Å². The molecule has 0 bridgehead atoms. The Hall–Kier alpha value is -6.64. The fraction of sp³-hybridized carbons (Fsp3) is 0.0588. The number of hydrogen-bond acceptors (Lipinski definition) is 2. The van der Waals surface area contributed by atoms with Gasteiger partial charge >= 0.3 is 0 Å². The zero-order chi connectivity index (χ0) is 47.7. The van der Waals surface area contributed by atoms with Crippen LogP contribution in [0.2, 0.25) is 0 Å². The first-order valence-corrected chi connectivity index (χ1v) is 17.2. The van der Waals surface area contributed by atoms with Gasteiger partial charge in [-0.25, -0.2) is 9.97 Å². The molecule has 0 radical (unpaired) electrons. The van der Waals surface area contributed by atoms with Gasteiger partial charge in [-0.15, -0.1) is 0 Å². The van der Waals surface area contributed by atoms with Crippen molar-refractivity contribution >= 4 is 21.5 Å². The largest absolute Gasteiger partial charge is 0.228 e. The summed E-state index contributed by atoms with van der Waals surface area (Å²) in [7, 11) is 0. The Morgan fingerprint density at radius 2 is 1.08 bits per heavy atom. The predicted octanol–water partition coefficient (Wildman–Crippen LogP) is 13.4. The highest BCUT2D eigenvalue weighted by Crippen LogP contribution is 2.54. The van der Waals surface area contributed by atoms with Gasteiger partial charge in [-0.1, -0.05) is 171 Å². The van der Waals surface area contributed by atoms with E-state index in [9.17, 15) is 1.37 Å². The van der Waals surface area contributed by atoms with E-state index in [2.05, 4.69) is 61.3 Å². The molecule has 9 aromatic rings. The van der Waals surface area contributed by atoms with E-state index < -0.39 is 95.7 Å². The van der Waals surface area contributed by atoms with Crippen molar-refractivity contribution in [2.75, 3.05) is 0 Å². The summed E-state index contributed by atoms with van der Waals surface area (Å²) in [5, 5.41) is 3.82. The van der Waals surface area contributed by atoms with Gasteiger partial charge in [0, 0.05) is 22.1 Å². The molecule has 0 saturated heterocycles. The van der Waals surface area contributed by atoms with Crippen molar-refractivity contribution in [1.82, 2.24) is 9.97 Å². The van der Waals surface area contributed by atoms with Crippen LogP contribution in [0.25, 0.3) is 88.8 Å². The van der Waals surface area contributed by atoms with Crippen LogP contribution in [0.1, 0.15) is 44.2 Å². The molecule has 250 valence electrons. The quantitative estimate of drug-likeness (QED) is 0.180. The van der Waals surface area contributed by atoms with Gasteiger partial charge in [0.25, 0.3) is 0 Å². The first-order chi connectivity index (χ1) is 31.8. The van der Waals surface area contributed by atoms with E-state index in [1.807, 2.05) is 48.5 Å². The maximum Gasteiger partial charge on any atom is 0.160 e. The van der Waals surface area contributed by atoms with Crippen molar-refractivity contribution in [3.63, 3.8) is 0 Å². The van der Waals surface area contributed by atoms with Crippen LogP contribution in [0.15, 0.2) is 182 Å². The summed E-state index contributed by atoms with van der Waals surface area (Å²) >= 11 is 0. The number of fused-ring (bicyclic) bond motifs is 5. The third kappa shape index (κ3) is 5.18. The van der Waals surface area contributed by atoms with Gasteiger partial charge in [-0.05, 0) is 90.3 Å². The van der Waals surface area contributed by atoms with Crippen molar-refractivity contribution in [2.45, 2.75) is 19.3 Å². The van der Waals surface area contributed by atoms with E-state index in [1.165, 1.54) is 17.2 Å². The topological polar surface area (TPSA) is 25.8 Å². The minimum atomic E-state index is -0.722. The molecule has 1 aliphatic rings. The molecule has 0 N–H and O–H groups in total. The number of hydrogen-bond donors (Lipinski definition) is 0. The van der Waals surface area contributed by atoms with E-state index >= 15 is 0 Å². The molecule has 0 saturated carbocycles. The molecule has 0 fully saturated rings. The minimum Gasteiger partial charge on any atom is -0.228 e. The molecular formula is C51H36N2. The van der Waals surface area contributed by atoms with E-state index in [0.717, 1.165) is 38.4 Å². The highest BCUT2D eigenvalue weighted by atomic mass is 14.9. The number of rotatable bonds is 5. The Labute approximate surface area is 329 Å². The fourth-order valence-corrected chi connectivity index (χ4v) is 7.61. The molecule has 1 aliphatic carbocycles. The normalized spacial score (nSPS) is 16.6. The Morgan fingerprint density at radius 1 is 0.453 bits per heavy atom. The summed E-state index contributed by atoms with van der Waals surface area (Å²) < 4.78 is 121. The molecule has 2 nitrogen and oxygen atoms in total. The molecule has 0 unspecified atom stereocenters. The molecule has 0 amide bonds. The number of benzene rings is 8. The predicted molar refractivity (Wildman–Crippen MR) is 222 cm³/mol. The van der Waals surface area contributed by atoms with Crippen LogP contribution in [0.4, 0.5) is 0 Å². The van der Waals surface area contributed by atoms with Crippen LogP contribution >= 0.6 is 0 Å². The average Bonchev–Trinajstić information content (AvgIpc) is 3.55. The smallest absolute Gasteiger partial charge is 0.160 e. The highest BCUT2D eigenvalue weighted by molar-refractivity contribution is 6.08. The van der Waals surface area contributed by atoms with Crippen LogP contribution < -0.4 is 0 Å². The first-order valence-electron chi connectivity index (χ1n) is 24.2. The fourth-order valence-electron chi connectivity index (χ4n) is 7.61. The summed E-state index contributed by atoms with van der Waals surface area (Å²) in [5.74, 6) is -0.353. The summed E-state index contributed by atoms with van der Waals surface area (Å²) in [6.07, 6.45) is 0. The van der Waals surface area contributed by atoms with Gasteiger partial charge in [0.05, 0.1) is 30.6 Å². The Kier molecular flexibility index (Phi) is 4.58. The summed E-state index contributed by atoms with van der Waals surface area (Å²) in [5.41, 5.74) is 5.00. The zero-order valence-electron chi connectivity index (χ0n) is 42.6. The zero-order valence-corrected chi connectivity index (χ0v) is 28.6. The lowest BCUT2D eigenvalue weighted by Crippen LogP contribution is -2.14. The molecule has 0 spiro atoms. The standard InChI is InChI=1S/C51H36N2/c1-51(2)45-26-14-25-43(49(45)44-30-36-19-9-10-20-37(36)31-46(44)51)41-27-28-42(40-24-12-11-23-39(40)41)48-32-47(52-50(53-48)34-17-7-4-8-18-34)38-22-13-21-35(29-38)33-15-5-3-6-16-33/h3-32H,1-2H3/i3D,4D,5D,6D,7D,8D,13D,15D,16D,17D,18D,21D,22D,29D. The molecule has 1 heterocycles. The molecule has 10 rings (SSSR count). The van der Waals surface area contributed by atoms with Crippen molar-refractivity contribution in [3.05, 3.63) is 193 Å². The van der Waals surface area contributed by atoms with Crippen LogP contribution in [0.5, 0.6) is 0 Å². The Balaban J connectivity index is 1.26. The molecule has 8 aromatic carbocycles. The molecule has 53 heavy (non-hydrogen) atoms. The van der Waals surface area contributed by atoms with Gasteiger partial charge in [0.2, 0.25) is 0 Å². The van der Waals surface area contributed by atoms with E-state index in [1.54, 1.807) is 0 Å². The Morgan fingerprint density at radius 3 is 1.85 bits per heavy atom. The van der Waals surface area contributed by atoms with Crippen LogP contribution in [-0.2, 0) is 5.41 Å². The van der Waals surface area contributed by atoms with Crippen molar-refractivity contribution < 1.29 is 19.2 Å². The maximum atomic E-state index is 9.48. The number of nitrogens with zero attached hydrogens (tertiary/aromatic N) is 2. The summed E-state index contributed by atoms with van der Waals surface area (Å²) in [6.45, 7) is 4.46. The second kappa shape index (κ2) is 12.3. The van der Waals surface area contributed by atoms with E-state index in [4.69, 9.17) is 22.8 Å². The molecule has 2 heteroatoms. The lowest BCUT2D eigenvalue weighted by molar-refractivity contribution is 0.661. The SMILES string of the molecule is [2H]c1c([2H])c([2H])c(-c2nc(-c3c([2H])c([2H])c([2H])c(-c4c([2H])c([2H])c([2H])c([2H])c4[2H])c3[2H])cc(-c3ccc(-c4cccc5c4-c4cc6ccccc6cc4C5(C)C)c4ccccc34)n2)c([2H])c1[2H]. The average molecular weight is 691 g/mol. The third-order valence-corrected chi connectivity index (χ3v) is 10.1. The van der Waals surface area contributed by atoms with Gasteiger partial charge in [-0.3, -0.25) is 0 Å².